The van der Waals surface area contributed by atoms with Gasteiger partial charge in [-0.2, -0.15) is 0 Å². The summed E-state index contributed by atoms with van der Waals surface area (Å²) in [5.41, 5.74) is 3.11. The molecule has 4 aromatic carbocycles. The van der Waals surface area contributed by atoms with Crippen LogP contribution in [0.3, 0.4) is 0 Å². The molecule has 34 heavy (non-hydrogen) atoms. The maximum absolute atomic E-state index is 12.3. The van der Waals surface area contributed by atoms with Gasteiger partial charge in [0.15, 0.2) is 0 Å². The van der Waals surface area contributed by atoms with Crippen molar-refractivity contribution in [2.45, 2.75) is 13.0 Å². The van der Waals surface area contributed by atoms with Gasteiger partial charge in [0.1, 0.15) is 11.4 Å². The number of benzene rings is 3. The van der Waals surface area contributed by atoms with Crippen LogP contribution in [0.15, 0.2) is 101 Å². The fourth-order valence-corrected chi connectivity index (χ4v) is 3.55. The highest BCUT2D eigenvalue weighted by molar-refractivity contribution is 6.01. The molecule has 0 saturated heterocycles. The summed E-state index contributed by atoms with van der Waals surface area (Å²) in [4.78, 5) is 36.2. The molecule has 0 fully saturated rings. The Labute approximate surface area is 196 Å². The van der Waals surface area contributed by atoms with Gasteiger partial charge >= 0.3 is 0 Å². The molecule has 1 amide bonds. The van der Waals surface area contributed by atoms with Crippen molar-refractivity contribution in [2.24, 2.45) is 0 Å². The van der Waals surface area contributed by atoms with Crippen LogP contribution in [0.1, 0.15) is 18.5 Å². The highest BCUT2D eigenvalue weighted by Gasteiger charge is 2.23. The highest BCUT2D eigenvalue weighted by atomic mass is 16.2. The quantitative estimate of drug-likeness (QED) is 0.209. The van der Waals surface area contributed by atoms with Gasteiger partial charge in [0.05, 0.1) is 11.4 Å². The molecule has 0 unspecified atom stereocenters. The van der Waals surface area contributed by atoms with E-state index in [9.17, 15) is 14.4 Å². The van der Waals surface area contributed by atoms with E-state index in [0.717, 1.165) is 11.3 Å². The molecule has 0 spiro atoms. The molecule has 0 aliphatic heterocycles. The van der Waals surface area contributed by atoms with Gasteiger partial charge in [0.2, 0.25) is 5.91 Å². The lowest BCUT2D eigenvalue weighted by atomic mass is 10.1. The summed E-state index contributed by atoms with van der Waals surface area (Å²) in [5, 5.41) is 12.2. The molecule has 4 rings (SSSR count). The van der Waals surface area contributed by atoms with Crippen molar-refractivity contribution in [1.82, 2.24) is 0 Å². The van der Waals surface area contributed by atoms with E-state index in [0.29, 0.717) is 17.1 Å². The minimum Gasteiger partial charge on any atom is -0.373 e. The van der Waals surface area contributed by atoms with E-state index < -0.39 is 10.9 Å². The van der Waals surface area contributed by atoms with Crippen LogP contribution < -0.4 is 32.1 Å². The van der Waals surface area contributed by atoms with Crippen molar-refractivity contribution in [2.75, 3.05) is 21.3 Å². The Morgan fingerprint density at radius 1 is 0.794 bits per heavy atom. The molecule has 7 heteroatoms. The molecule has 0 radical (unpaired) electrons. The van der Waals surface area contributed by atoms with Crippen LogP contribution in [0.25, 0.3) is 0 Å². The molecule has 0 saturated carbocycles. The fourth-order valence-electron chi connectivity index (χ4n) is 3.55. The van der Waals surface area contributed by atoms with Crippen molar-refractivity contribution < 1.29 is 4.79 Å². The van der Waals surface area contributed by atoms with Crippen molar-refractivity contribution in [3.05, 3.63) is 118 Å². The largest absolute Gasteiger partial charge is 0.373 e. The molecule has 1 atom stereocenters. The summed E-state index contributed by atoms with van der Waals surface area (Å²) in [5.74, 6) is -0.311. The number of carbonyl (C=O) groups is 1. The second-order valence-corrected chi connectivity index (χ2v) is 7.75. The summed E-state index contributed by atoms with van der Waals surface area (Å²) < 4.78 is 0. The number of amides is 1. The standard InChI is InChI=1S/C27H24N4O3/c1-3-23(32)31-22-15-8-7-14-21(22)29-19-12-9-13-20(16-19)30-25-24(26(33)27(25)34)28-17(2)18-10-5-4-6-11-18/h3-17,28-30H,1H2,2H3,(H,31,32)/t17-/m1/s1. The molecule has 7 nitrogen and oxygen atoms in total. The summed E-state index contributed by atoms with van der Waals surface area (Å²) in [7, 11) is 0. The zero-order chi connectivity index (χ0) is 24.1. The number of carbonyl (C=O) groups excluding carboxylic acids is 1. The number of rotatable bonds is 9. The normalized spacial score (nSPS) is 11.4. The van der Waals surface area contributed by atoms with Crippen LogP contribution in [-0.4, -0.2) is 5.91 Å². The summed E-state index contributed by atoms with van der Waals surface area (Å²) in [6.07, 6.45) is 1.20. The van der Waals surface area contributed by atoms with Gasteiger partial charge in [-0.15, -0.1) is 0 Å². The van der Waals surface area contributed by atoms with Crippen LogP contribution in [0.5, 0.6) is 0 Å². The lowest BCUT2D eigenvalue weighted by Crippen LogP contribution is -2.37. The molecule has 170 valence electrons. The summed E-state index contributed by atoms with van der Waals surface area (Å²) in [6, 6.07) is 24.1. The van der Waals surface area contributed by atoms with Gasteiger partial charge in [-0.25, -0.2) is 0 Å². The Morgan fingerprint density at radius 2 is 1.41 bits per heavy atom. The minimum atomic E-state index is -0.557. The number of para-hydroxylation sites is 2. The van der Waals surface area contributed by atoms with Crippen molar-refractivity contribution in [3.63, 3.8) is 0 Å². The number of hydrogen-bond donors (Lipinski definition) is 4. The predicted octanol–water partition coefficient (Wildman–Crippen LogP) is 5.07. The molecule has 4 N–H and O–H groups in total. The van der Waals surface area contributed by atoms with Crippen LogP contribution >= 0.6 is 0 Å². The maximum Gasteiger partial charge on any atom is 0.253 e. The number of anilines is 6. The van der Waals surface area contributed by atoms with E-state index in [1.54, 1.807) is 12.1 Å². The zero-order valence-electron chi connectivity index (χ0n) is 18.6. The Bertz CT molecular complexity index is 1410. The van der Waals surface area contributed by atoms with E-state index in [-0.39, 0.29) is 23.3 Å². The van der Waals surface area contributed by atoms with Gasteiger partial charge in [-0.3, -0.25) is 14.4 Å². The Morgan fingerprint density at radius 3 is 2.12 bits per heavy atom. The molecular weight excluding hydrogens is 428 g/mol. The fraction of sp³-hybridized carbons (Fsp3) is 0.0741. The smallest absolute Gasteiger partial charge is 0.253 e. The first kappa shape index (κ1) is 22.5. The van der Waals surface area contributed by atoms with Crippen molar-refractivity contribution >= 4 is 40.0 Å². The van der Waals surface area contributed by atoms with Crippen molar-refractivity contribution in [1.29, 1.82) is 0 Å². The number of nitrogens with one attached hydrogen (secondary N) is 4. The third-order valence-corrected chi connectivity index (χ3v) is 5.35. The second kappa shape index (κ2) is 9.87. The van der Waals surface area contributed by atoms with Crippen LogP contribution in [0.2, 0.25) is 0 Å². The molecule has 0 heterocycles. The van der Waals surface area contributed by atoms with Gasteiger partial charge in [-0.05, 0) is 48.9 Å². The van der Waals surface area contributed by atoms with E-state index in [1.165, 1.54) is 6.08 Å². The zero-order valence-corrected chi connectivity index (χ0v) is 18.6. The first-order valence-electron chi connectivity index (χ1n) is 10.8. The topological polar surface area (TPSA) is 99.3 Å². The van der Waals surface area contributed by atoms with Crippen molar-refractivity contribution in [3.8, 4) is 0 Å². The highest BCUT2D eigenvalue weighted by Crippen LogP contribution is 2.29. The maximum atomic E-state index is 12.3. The summed E-state index contributed by atoms with van der Waals surface area (Å²) in [6.45, 7) is 5.41. The lowest BCUT2D eigenvalue weighted by Gasteiger charge is -2.20. The first-order valence-corrected chi connectivity index (χ1v) is 10.8. The van der Waals surface area contributed by atoms with Gasteiger partial charge in [-0.1, -0.05) is 55.1 Å². The van der Waals surface area contributed by atoms with E-state index in [2.05, 4.69) is 27.8 Å². The molecule has 4 aromatic rings. The van der Waals surface area contributed by atoms with E-state index in [1.807, 2.05) is 73.7 Å². The molecular formula is C27H24N4O3. The molecule has 0 aliphatic carbocycles. The van der Waals surface area contributed by atoms with Gasteiger partial charge in [0.25, 0.3) is 10.9 Å². The van der Waals surface area contributed by atoms with Gasteiger partial charge < -0.3 is 21.3 Å². The third kappa shape index (κ3) is 4.88. The monoisotopic (exact) mass is 452 g/mol. The molecule has 0 aromatic heterocycles. The second-order valence-electron chi connectivity index (χ2n) is 7.75. The van der Waals surface area contributed by atoms with Crippen LogP contribution in [0, 0.1) is 0 Å². The van der Waals surface area contributed by atoms with E-state index >= 15 is 0 Å². The molecule has 0 bridgehead atoms. The molecule has 0 aliphatic rings. The van der Waals surface area contributed by atoms with Gasteiger partial charge in [0, 0.05) is 17.4 Å². The average Bonchev–Trinajstić information content (AvgIpc) is 2.87. The summed E-state index contributed by atoms with van der Waals surface area (Å²) >= 11 is 0. The number of hydrogen-bond acceptors (Lipinski definition) is 6. The van der Waals surface area contributed by atoms with Crippen LogP contribution in [-0.2, 0) is 4.79 Å². The Hall–Kier alpha value is -4.65. The first-order chi connectivity index (χ1) is 16.5. The average molecular weight is 453 g/mol. The minimum absolute atomic E-state index is 0.139. The Kier molecular flexibility index (Phi) is 6.54. The Balaban J connectivity index is 1.52. The lowest BCUT2D eigenvalue weighted by molar-refractivity contribution is -0.111. The third-order valence-electron chi connectivity index (χ3n) is 5.35. The SMILES string of the molecule is C=CC(=O)Nc1ccccc1Nc1cccc(Nc2c(N[C@H](C)c3ccccc3)c(=O)c2=O)c1. The van der Waals surface area contributed by atoms with E-state index in [4.69, 9.17) is 0 Å². The predicted molar refractivity (Wildman–Crippen MR) is 138 cm³/mol. The van der Waals surface area contributed by atoms with Crippen LogP contribution in [0.4, 0.5) is 34.1 Å².